The Hall–Kier alpha value is -2.32. The first kappa shape index (κ1) is 20.4. The van der Waals surface area contributed by atoms with Gasteiger partial charge in [0.2, 0.25) is 15.9 Å². The van der Waals surface area contributed by atoms with Gasteiger partial charge in [-0.15, -0.1) is 0 Å². The minimum Gasteiger partial charge on any atom is -0.326 e. The minimum atomic E-state index is -3.51. The molecule has 150 valence electrons. The molecule has 0 aromatic heterocycles. The Morgan fingerprint density at radius 1 is 0.964 bits per heavy atom. The van der Waals surface area contributed by atoms with Crippen LogP contribution in [0.5, 0.6) is 0 Å². The summed E-state index contributed by atoms with van der Waals surface area (Å²) in [5.41, 5.74) is 1.00. The number of rotatable bonds is 6. The van der Waals surface area contributed by atoms with E-state index in [-0.39, 0.29) is 23.6 Å². The molecular formula is C20H22F2N2O3S. The van der Waals surface area contributed by atoms with E-state index in [1.165, 1.54) is 22.5 Å². The molecule has 5 nitrogen and oxygen atoms in total. The van der Waals surface area contributed by atoms with Gasteiger partial charge in [-0.3, -0.25) is 4.79 Å². The Morgan fingerprint density at radius 2 is 1.64 bits per heavy atom. The number of sulfonamides is 1. The Morgan fingerprint density at radius 3 is 2.29 bits per heavy atom. The van der Waals surface area contributed by atoms with E-state index < -0.39 is 21.7 Å². The molecule has 0 spiro atoms. The van der Waals surface area contributed by atoms with Crippen LogP contribution in [0.25, 0.3) is 0 Å². The smallest absolute Gasteiger partial charge is 0.243 e. The van der Waals surface area contributed by atoms with E-state index in [0.717, 1.165) is 31.4 Å². The van der Waals surface area contributed by atoms with Crippen LogP contribution in [0.1, 0.15) is 31.2 Å². The monoisotopic (exact) mass is 408 g/mol. The summed E-state index contributed by atoms with van der Waals surface area (Å²) < 4.78 is 52.8. The van der Waals surface area contributed by atoms with Crippen molar-refractivity contribution in [2.24, 2.45) is 0 Å². The highest BCUT2D eigenvalue weighted by Crippen LogP contribution is 2.22. The van der Waals surface area contributed by atoms with Gasteiger partial charge >= 0.3 is 0 Å². The normalized spacial score (nSPS) is 15.4. The lowest BCUT2D eigenvalue weighted by atomic mass is 10.1. The number of hydrogen-bond acceptors (Lipinski definition) is 3. The average Bonchev–Trinajstić information content (AvgIpc) is 2.70. The Bertz CT molecular complexity index is 940. The summed E-state index contributed by atoms with van der Waals surface area (Å²) >= 11 is 0. The van der Waals surface area contributed by atoms with Gasteiger partial charge in [0.1, 0.15) is 0 Å². The SMILES string of the molecule is O=C(CCc1ccc(F)c(F)c1)Nc1ccc(S(=O)(=O)N2CCCCC2)cc1. The van der Waals surface area contributed by atoms with E-state index in [1.807, 2.05) is 0 Å². The summed E-state index contributed by atoms with van der Waals surface area (Å²) in [5, 5.41) is 2.68. The van der Waals surface area contributed by atoms with Crippen molar-refractivity contribution in [3.8, 4) is 0 Å². The number of anilines is 1. The van der Waals surface area contributed by atoms with Crippen molar-refractivity contribution >= 4 is 21.6 Å². The van der Waals surface area contributed by atoms with Crippen molar-refractivity contribution in [1.82, 2.24) is 4.31 Å². The maximum absolute atomic E-state index is 13.2. The first-order valence-electron chi connectivity index (χ1n) is 9.20. The molecule has 1 amide bonds. The molecule has 1 saturated heterocycles. The molecule has 0 bridgehead atoms. The summed E-state index contributed by atoms with van der Waals surface area (Å²) in [7, 11) is -3.51. The fraction of sp³-hybridized carbons (Fsp3) is 0.350. The van der Waals surface area contributed by atoms with Crippen molar-refractivity contribution in [1.29, 1.82) is 0 Å². The summed E-state index contributed by atoms with van der Waals surface area (Å²) in [6.07, 6.45) is 3.14. The first-order valence-corrected chi connectivity index (χ1v) is 10.6. The second-order valence-corrected chi connectivity index (χ2v) is 8.72. The third kappa shape index (κ3) is 4.94. The van der Waals surface area contributed by atoms with Gasteiger partial charge < -0.3 is 5.32 Å². The summed E-state index contributed by atoms with van der Waals surface area (Å²) in [5.74, 6) is -2.16. The summed E-state index contributed by atoms with van der Waals surface area (Å²) in [4.78, 5) is 12.3. The second-order valence-electron chi connectivity index (χ2n) is 6.79. The lowest BCUT2D eigenvalue weighted by molar-refractivity contribution is -0.116. The van der Waals surface area contributed by atoms with Crippen LogP contribution in [0.3, 0.4) is 0 Å². The van der Waals surface area contributed by atoms with Gasteiger partial charge in [-0.2, -0.15) is 4.31 Å². The maximum Gasteiger partial charge on any atom is 0.243 e. The van der Waals surface area contributed by atoms with E-state index in [2.05, 4.69) is 5.32 Å². The molecule has 8 heteroatoms. The highest BCUT2D eigenvalue weighted by molar-refractivity contribution is 7.89. The molecule has 0 aliphatic carbocycles. The molecule has 0 radical (unpaired) electrons. The van der Waals surface area contributed by atoms with Crippen LogP contribution >= 0.6 is 0 Å². The van der Waals surface area contributed by atoms with Gasteiger partial charge in [0.05, 0.1) is 4.90 Å². The number of nitrogens with one attached hydrogen (secondary N) is 1. The molecule has 28 heavy (non-hydrogen) atoms. The van der Waals surface area contributed by atoms with Crippen molar-refractivity contribution in [2.45, 2.75) is 37.0 Å². The van der Waals surface area contributed by atoms with Crippen LogP contribution in [0.15, 0.2) is 47.4 Å². The molecule has 1 N–H and O–H groups in total. The molecule has 1 fully saturated rings. The van der Waals surface area contributed by atoms with Crippen molar-refractivity contribution in [2.75, 3.05) is 18.4 Å². The summed E-state index contributed by atoms with van der Waals surface area (Å²) in [6.45, 7) is 1.07. The highest BCUT2D eigenvalue weighted by atomic mass is 32.2. The van der Waals surface area contributed by atoms with Crippen LogP contribution in [0, 0.1) is 11.6 Å². The molecule has 0 unspecified atom stereocenters. The number of aryl methyl sites for hydroxylation is 1. The predicted molar refractivity (Wildman–Crippen MR) is 102 cm³/mol. The average molecular weight is 408 g/mol. The van der Waals surface area contributed by atoms with E-state index in [0.29, 0.717) is 24.3 Å². The molecular weight excluding hydrogens is 386 g/mol. The summed E-state index contributed by atoms with van der Waals surface area (Å²) in [6, 6.07) is 9.60. The fourth-order valence-electron chi connectivity index (χ4n) is 3.14. The predicted octanol–water partition coefficient (Wildman–Crippen LogP) is 3.71. The highest BCUT2D eigenvalue weighted by Gasteiger charge is 2.25. The van der Waals surface area contributed by atoms with Gasteiger partial charge in [-0.05, 0) is 61.2 Å². The largest absolute Gasteiger partial charge is 0.326 e. The maximum atomic E-state index is 13.2. The van der Waals surface area contributed by atoms with Crippen LogP contribution in [0.4, 0.5) is 14.5 Å². The van der Waals surface area contributed by atoms with E-state index >= 15 is 0 Å². The van der Waals surface area contributed by atoms with Crippen molar-refractivity contribution in [3.05, 3.63) is 59.7 Å². The van der Waals surface area contributed by atoms with E-state index in [9.17, 15) is 22.0 Å². The van der Waals surface area contributed by atoms with Gasteiger partial charge in [0.25, 0.3) is 0 Å². The van der Waals surface area contributed by atoms with Crippen LogP contribution in [-0.2, 0) is 21.2 Å². The van der Waals surface area contributed by atoms with Crippen LogP contribution < -0.4 is 5.32 Å². The third-order valence-corrected chi connectivity index (χ3v) is 6.63. The topological polar surface area (TPSA) is 66.5 Å². The van der Waals surface area contributed by atoms with E-state index in [1.54, 1.807) is 12.1 Å². The zero-order chi connectivity index (χ0) is 20.1. The molecule has 0 saturated carbocycles. The number of piperidine rings is 1. The molecule has 1 aliphatic rings. The number of nitrogens with zero attached hydrogens (tertiary/aromatic N) is 1. The van der Waals surface area contributed by atoms with Crippen LogP contribution in [0.2, 0.25) is 0 Å². The number of carbonyl (C=O) groups excluding carboxylic acids is 1. The second kappa shape index (κ2) is 8.79. The quantitative estimate of drug-likeness (QED) is 0.792. The fourth-order valence-corrected chi connectivity index (χ4v) is 4.66. The van der Waals surface area contributed by atoms with Gasteiger partial charge in [-0.25, -0.2) is 17.2 Å². The molecule has 3 rings (SSSR count). The minimum absolute atomic E-state index is 0.0961. The number of amides is 1. The zero-order valence-corrected chi connectivity index (χ0v) is 16.1. The van der Waals surface area contributed by atoms with Crippen molar-refractivity contribution in [3.63, 3.8) is 0 Å². The lowest BCUT2D eigenvalue weighted by Crippen LogP contribution is -2.35. The first-order chi connectivity index (χ1) is 13.4. The molecule has 0 atom stereocenters. The number of benzene rings is 2. The third-order valence-electron chi connectivity index (χ3n) is 4.72. The number of carbonyl (C=O) groups is 1. The van der Waals surface area contributed by atoms with E-state index in [4.69, 9.17) is 0 Å². The van der Waals surface area contributed by atoms with Gasteiger partial charge in [-0.1, -0.05) is 12.5 Å². The van der Waals surface area contributed by atoms with Crippen LogP contribution in [-0.4, -0.2) is 31.7 Å². The Balaban J connectivity index is 1.57. The lowest BCUT2D eigenvalue weighted by Gasteiger charge is -2.25. The molecule has 1 heterocycles. The number of hydrogen-bond donors (Lipinski definition) is 1. The Labute approximate surface area is 163 Å². The molecule has 2 aromatic rings. The van der Waals surface area contributed by atoms with Crippen molar-refractivity contribution < 1.29 is 22.0 Å². The molecule has 1 aliphatic heterocycles. The standard InChI is InChI=1S/C20H22F2N2O3S/c21-18-10-4-15(14-19(18)22)5-11-20(25)23-16-6-8-17(9-7-16)28(26,27)24-12-2-1-3-13-24/h4,6-10,14H,1-3,5,11-13H2,(H,23,25). The molecule has 2 aromatic carbocycles. The zero-order valence-electron chi connectivity index (χ0n) is 15.3. The van der Waals surface area contributed by atoms with Gasteiger partial charge in [0.15, 0.2) is 11.6 Å². The van der Waals surface area contributed by atoms with Gasteiger partial charge in [0, 0.05) is 25.2 Å². The Kier molecular flexibility index (Phi) is 6.41. The number of halogens is 2.